The summed E-state index contributed by atoms with van der Waals surface area (Å²) in [6, 6.07) is 6.80. The zero-order valence-corrected chi connectivity index (χ0v) is 11.0. The second kappa shape index (κ2) is 5.64. The number of rotatable bonds is 5. The van der Waals surface area contributed by atoms with Crippen molar-refractivity contribution in [2.45, 2.75) is 13.0 Å². The molecule has 0 radical (unpaired) electrons. The highest BCUT2D eigenvalue weighted by molar-refractivity contribution is 5.84. The predicted molar refractivity (Wildman–Crippen MR) is 70.7 cm³/mol. The minimum atomic E-state index is -1.12. The van der Waals surface area contributed by atoms with Gasteiger partial charge in [0, 0.05) is 6.07 Å². The third kappa shape index (κ3) is 2.90. The van der Waals surface area contributed by atoms with Gasteiger partial charge in [-0.2, -0.15) is 0 Å². The van der Waals surface area contributed by atoms with Gasteiger partial charge in [0.2, 0.25) is 5.76 Å². The number of hydrogen-bond acceptors (Lipinski definition) is 4. The van der Waals surface area contributed by atoms with Crippen LogP contribution in [0, 0.1) is 5.82 Å². The molecule has 2 aromatic rings. The number of halogens is 1. The summed E-state index contributed by atoms with van der Waals surface area (Å²) in [5.41, 5.74) is 0.592. The molecule has 0 aliphatic carbocycles. The molecule has 1 atom stereocenters. The van der Waals surface area contributed by atoms with E-state index in [1.807, 2.05) is 0 Å². The number of nitrogens with one attached hydrogen (secondary N) is 1. The largest absolute Gasteiger partial charge is 0.494 e. The second-order valence-electron chi connectivity index (χ2n) is 4.22. The molecular weight excluding hydrogens is 265 g/mol. The summed E-state index contributed by atoms with van der Waals surface area (Å²) < 4.78 is 23.4. The van der Waals surface area contributed by atoms with Gasteiger partial charge in [0.25, 0.3) is 0 Å². The van der Waals surface area contributed by atoms with Gasteiger partial charge in [-0.05, 0) is 31.2 Å². The Hall–Kier alpha value is -2.50. The van der Waals surface area contributed by atoms with Gasteiger partial charge in [-0.15, -0.1) is 0 Å². The number of carboxylic acid groups (broad SMARTS) is 1. The number of aromatic carboxylic acids is 1. The van der Waals surface area contributed by atoms with Crippen LogP contribution in [0.15, 0.2) is 34.7 Å². The van der Waals surface area contributed by atoms with Crippen LogP contribution in [-0.2, 0) is 0 Å². The third-order valence-electron chi connectivity index (χ3n) is 2.80. The zero-order chi connectivity index (χ0) is 14.7. The van der Waals surface area contributed by atoms with Crippen LogP contribution in [0.1, 0.15) is 29.3 Å². The van der Waals surface area contributed by atoms with Crippen molar-refractivity contribution in [1.29, 1.82) is 0 Å². The van der Waals surface area contributed by atoms with Crippen LogP contribution in [0.25, 0.3) is 0 Å². The minimum Gasteiger partial charge on any atom is -0.494 e. The minimum absolute atomic E-state index is 0.125. The van der Waals surface area contributed by atoms with E-state index in [0.717, 1.165) is 0 Å². The standard InChI is InChI=1S/C14H14FNO4/c1-8(11-5-6-12(20-11)14(17)18)16-10-4-3-9(15)7-13(10)19-2/h3-8,16H,1-2H3,(H,17,18). The molecule has 5 nitrogen and oxygen atoms in total. The first-order valence-electron chi connectivity index (χ1n) is 5.94. The van der Waals surface area contributed by atoms with Crippen LogP contribution in [0.2, 0.25) is 0 Å². The summed E-state index contributed by atoms with van der Waals surface area (Å²) in [6.07, 6.45) is 0. The topological polar surface area (TPSA) is 71.7 Å². The van der Waals surface area contributed by atoms with Crippen LogP contribution in [-0.4, -0.2) is 18.2 Å². The molecule has 1 aromatic heterocycles. The molecule has 0 saturated carbocycles. The number of furan rings is 1. The predicted octanol–water partition coefficient (Wildman–Crippen LogP) is 3.30. The molecule has 1 heterocycles. The molecule has 6 heteroatoms. The molecule has 0 bridgehead atoms. The Morgan fingerprint density at radius 3 is 2.75 bits per heavy atom. The average Bonchev–Trinajstić information content (AvgIpc) is 2.90. The summed E-state index contributed by atoms with van der Waals surface area (Å²) in [5.74, 6) is -0.815. The lowest BCUT2D eigenvalue weighted by molar-refractivity contribution is 0.0660. The molecule has 2 rings (SSSR count). The second-order valence-corrected chi connectivity index (χ2v) is 4.22. The lowest BCUT2D eigenvalue weighted by Gasteiger charge is -2.15. The molecule has 1 unspecified atom stereocenters. The molecule has 0 amide bonds. The third-order valence-corrected chi connectivity index (χ3v) is 2.80. The van der Waals surface area contributed by atoms with Crippen molar-refractivity contribution in [2.75, 3.05) is 12.4 Å². The molecule has 106 valence electrons. The van der Waals surface area contributed by atoms with Crippen molar-refractivity contribution < 1.29 is 23.4 Å². The molecule has 20 heavy (non-hydrogen) atoms. The van der Waals surface area contributed by atoms with Gasteiger partial charge in [-0.25, -0.2) is 9.18 Å². The van der Waals surface area contributed by atoms with Crippen molar-refractivity contribution in [3.05, 3.63) is 47.7 Å². The smallest absolute Gasteiger partial charge is 0.371 e. The molecule has 0 fully saturated rings. The highest BCUT2D eigenvalue weighted by Crippen LogP contribution is 2.29. The van der Waals surface area contributed by atoms with Crippen LogP contribution in [0.4, 0.5) is 10.1 Å². The van der Waals surface area contributed by atoms with Crippen LogP contribution in [0.5, 0.6) is 5.75 Å². The van der Waals surface area contributed by atoms with Gasteiger partial charge in [0.05, 0.1) is 18.8 Å². The van der Waals surface area contributed by atoms with E-state index >= 15 is 0 Å². The van der Waals surface area contributed by atoms with E-state index in [1.54, 1.807) is 19.1 Å². The summed E-state index contributed by atoms with van der Waals surface area (Å²) >= 11 is 0. The maximum atomic E-state index is 13.1. The Labute approximate surface area is 115 Å². The highest BCUT2D eigenvalue weighted by atomic mass is 19.1. The number of methoxy groups -OCH3 is 1. The van der Waals surface area contributed by atoms with Crippen molar-refractivity contribution in [3.63, 3.8) is 0 Å². The van der Waals surface area contributed by atoms with E-state index in [-0.39, 0.29) is 11.8 Å². The molecule has 0 aliphatic rings. The summed E-state index contributed by atoms with van der Waals surface area (Å²) in [5, 5.41) is 11.9. The van der Waals surface area contributed by atoms with Crippen LogP contribution >= 0.6 is 0 Å². The number of carboxylic acids is 1. The molecule has 2 N–H and O–H groups in total. The van der Waals surface area contributed by atoms with Crippen LogP contribution in [0.3, 0.4) is 0 Å². The molecule has 1 aromatic carbocycles. The number of benzene rings is 1. The van der Waals surface area contributed by atoms with Gasteiger partial charge in [0.1, 0.15) is 17.3 Å². The molecular formula is C14H14FNO4. The fourth-order valence-corrected chi connectivity index (χ4v) is 1.79. The zero-order valence-electron chi connectivity index (χ0n) is 11.0. The van der Waals surface area contributed by atoms with Gasteiger partial charge in [-0.3, -0.25) is 0 Å². The van der Waals surface area contributed by atoms with Crippen molar-refractivity contribution in [3.8, 4) is 5.75 Å². The molecule has 0 saturated heterocycles. The van der Waals surface area contributed by atoms with Crippen LogP contribution < -0.4 is 10.1 Å². The Bertz CT molecular complexity index is 623. The van der Waals surface area contributed by atoms with Crippen molar-refractivity contribution >= 4 is 11.7 Å². The summed E-state index contributed by atoms with van der Waals surface area (Å²) in [6.45, 7) is 1.80. The Kier molecular flexibility index (Phi) is 3.93. The van der Waals surface area contributed by atoms with Gasteiger partial charge in [0.15, 0.2) is 0 Å². The number of carbonyl (C=O) groups is 1. The lowest BCUT2D eigenvalue weighted by atomic mass is 10.2. The first-order valence-corrected chi connectivity index (χ1v) is 5.94. The van der Waals surface area contributed by atoms with E-state index in [2.05, 4.69) is 5.32 Å². The van der Waals surface area contributed by atoms with Gasteiger partial charge in [-0.1, -0.05) is 0 Å². The number of anilines is 1. The molecule has 0 aliphatic heterocycles. The lowest BCUT2D eigenvalue weighted by Crippen LogP contribution is -2.07. The maximum absolute atomic E-state index is 13.1. The first-order chi connectivity index (χ1) is 9.51. The van der Waals surface area contributed by atoms with E-state index < -0.39 is 11.8 Å². The fourth-order valence-electron chi connectivity index (χ4n) is 1.79. The summed E-state index contributed by atoms with van der Waals surface area (Å²) in [4.78, 5) is 10.8. The summed E-state index contributed by atoms with van der Waals surface area (Å²) in [7, 11) is 1.44. The maximum Gasteiger partial charge on any atom is 0.371 e. The van der Waals surface area contributed by atoms with Crippen molar-refractivity contribution in [1.82, 2.24) is 0 Å². The monoisotopic (exact) mass is 279 g/mol. The fraction of sp³-hybridized carbons (Fsp3) is 0.214. The number of ether oxygens (including phenoxy) is 1. The average molecular weight is 279 g/mol. The van der Waals surface area contributed by atoms with E-state index in [1.165, 1.54) is 25.3 Å². The highest BCUT2D eigenvalue weighted by Gasteiger charge is 2.15. The number of hydrogen-bond donors (Lipinski definition) is 2. The van der Waals surface area contributed by atoms with E-state index in [0.29, 0.717) is 17.2 Å². The molecule has 0 spiro atoms. The van der Waals surface area contributed by atoms with Gasteiger partial charge < -0.3 is 19.6 Å². The van der Waals surface area contributed by atoms with E-state index in [4.69, 9.17) is 14.3 Å². The SMILES string of the molecule is COc1cc(F)ccc1NC(C)c1ccc(C(=O)O)o1. The van der Waals surface area contributed by atoms with Crippen molar-refractivity contribution in [2.24, 2.45) is 0 Å². The Morgan fingerprint density at radius 2 is 2.15 bits per heavy atom. The first kappa shape index (κ1) is 13.9. The quantitative estimate of drug-likeness (QED) is 0.878. The normalized spacial score (nSPS) is 11.9. The van der Waals surface area contributed by atoms with Gasteiger partial charge >= 0.3 is 5.97 Å². The Balaban J connectivity index is 2.18. The van der Waals surface area contributed by atoms with E-state index in [9.17, 15) is 9.18 Å². The Morgan fingerprint density at radius 1 is 1.40 bits per heavy atom.